The zero-order valence-corrected chi connectivity index (χ0v) is 16.5. The summed E-state index contributed by atoms with van der Waals surface area (Å²) in [6, 6.07) is 15.1. The van der Waals surface area contributed by atoms with Crippen LogP contribution in [0.5, 0.6) is 0 Å². The number of carbonyl (C=O) groups excluding carboxylic acids is 3. The van der Waals surface area contributed by atoms with Crippen LogP contribution in [-0.2, 0) is 14.3 Å². The molecule has 0 unspecified atom stereocenters. The first kappa shape index (κ1) is 21.6. The summed E-state index contributed by atoms with van der Waals surface area (Å²) in [5.41, 5.74) is 2.23. The molecule has 1 atom stereocenters. The largest absolute Gasteiger partial charge is 0.451 e. The van der Waals surface area contributed by atoms with E-state index in [9.17, 15) is 14.4 Å². The zero-order chi connectivity index (χ0) is 21.4. The van der Waals surface area contributed by atoms with Gasteiger partial charge in [0.2, 0.25) is 11.7 Å². The summed E-state index contributed by atoms with van der Waals surface area (Å²) in [4.78, 5) is 36.1. The van der Waals surface area contributed by atoms with E-state index in [0.29, 0.717) is 16.8 Å². The summed E-state index contributed by atoms with van der Waals surface area (Å²) < 4.78 is 5.16. The minimum atomic E-state index is -0.954. The van der Waals surface area contributed by atoms with Crippen LogP contribution in [0.2, 0.25) is 0 Å². The summed E-state index contributed by atoms with van der Waals surface area (Å²) in [5, 5.41) is 11.5. The van der Waals surface area contributed by atoms with Gasteiger partial charge < -0.3 is 10.1 Å². The molecule has 6 nitrogen and oxygen atoms in total. The van der Waals surface area contributed by atoms with Gasteiger partial charge in [0, 0.05) is 23.2 Å². The molecule has 0 aliphatic heterocycles. The molecule has 1 amide bonds. The summed E-state index contributed by atoms with van der Waals surface area (Å²) in [6.45, 7) is 5.09. The van der Waals surface area contributed by atoms with E-state index in [1.165, 1.54) is 13.0 Å². The van der Waals surface area contributed by atoms with Crippen molar-refractivity contribution >= 4 is 29.4 Å². The molecule has 0 saturated heterocycles. The molecule has 0 aliphatic carbocycles. The molecule has 2 rings (SSSR count). The van der Waals surface area contributed by atoms with Gasteiger partial charge in [-0.1, -0.05) is 26.0 Å². The maximum atomic E-state index is 12.4. The van der Waals surface area contributed by atoms with Crippen LogP contribution in [0.1, 0.15) is 42.3 Å². The van der Waals surface area contributed by atoms with E-state index in [1.54, 1.807) is 68.5 Å². The number of anilines is 1. The van der Waals surface area contributed by atoms with Gasteiger partial charge in [0.05, 0.1) is 11.6 Å². The van der Waals surface area contributed by atoms with E-state index < -0.39 is 12.1 Å². The Morgan fingerprint density at radius 1 is 1.00 bits per heavy atom. The molecule has 0 radical (unpaired) electrons. The molecule has 6 heteroatoms. The molecule has 0 aliphatic rings. The third kappa shape index (κ3) is 6.43. The van der Waals surface area contributed by atoms with Gasteiger partial charge in [-0.2, -0.15) is 5.26 Å². The van der Waals surface area contributed by atoms with Crippen molar-refractivity contribution in [3.05, 3.63) is 71.3 Å². The average Bonchev–Trinajstić information content (AvgIpc) is 2.72. The number of ether oxygens (including phenoxy) is 1. The molecule has 0 spiro atoms. The van der Waals surface area contributed by atoms with Crippen molar-refractivity contribution in [3.63, 3.8) is 0 Å². The molecule has 0 bridgehead atoms. The third-order valence-corrected chi connectivity index (χ3v) is 4.08. The number of ketones is 1. The molecule has 0 aromatic heterocycles. The fourth-order valence-electron chi connectivity index (χ4n) is 2.34. The Bertz CT molecular complexity index is 952. The Morgan fingerprint density at radius 3 is 2.17 bits per heavy atom. The van der Waals surface area contributed by atoms with Crippen molar-refractivity contribution in [2.24, 2.45) is 5.92 Å². The minimum Gasteiger partial charge on any atom is -0.451 e. The standard InChI is InChI=1S/C23H22N2O4/c1-15(2)23(28)25-20-11-9-19(10-12-20)22(27)16(3)29-21(26)13-8-17-4-6-18(14-24)7-5-17/h4-13,15-16H,1-3H3,(H,25,28)/b13-8+/t16-/m0/s1. The highest BCUT2D eigenvalue weighted by Gasteiger charge is 2.18. The van der Waals surface area contributed by atoms with Gasteiger partial charge in [0.15, 0.2) is 6.10 Å². The Balaban J connectivity index is 1.93. The lowest BCUT2D eigenvalue weighted by atomic mass is 10.1. The molecule has 0 saturated carbocycles. The fraction of sp³-hybridized carbons (Fsp3) is 0.217. The van der Waals surface area contributed by atoms with Crippen molar-refractivity contribution in [2.75, 3.05) is 5.32 Å². The van der Waals surface area contributed by atoms with Gasteiger partial charge in [0.1, 0.15) is 0 Å². The van der Waals surface area contributed by atoms with Crippen molar-refractivity contribution in [1.29, 1.82) is 5.26 Å². The molecule has 29 heavy (non-hydrogen) atoms. The predicted octanol–water partition coefficient (Wildman–Crippen LogP) is 3.98. The van der Waals surface area contributed by atoms with E-state index in [2.05, 4.69) is 5.32 Å². The molecular weight excluding hydrogens is 368 g/mol. The highest BCUT2D eigenvalue weighted by atomic mass is 16.5. The zero-order valence-electron chi connectivity index (χ0n) is 16.5. The molecule has 2 aromatic carbocycles. The topological polar surface area (TPSA) is 96.3 Å². The van der Waals surface area contributed by atoms with E-state index >= 15 is 0 Å². The first-order valence-corrected chi connectivity index (χ1v) is 9.14. The maximum Gasteiger partial charge on any atom is 0.331 e. The lowest BCUT2D eigenvalue weighted by Crippen LogP contribution is -2.23. The normalized spacial score (nSPS) is 11.7. The second kappa shape index (κ2) is 10.00. The first-order valence-electron chi connectivity index (χ1n) is 9.14. The van der Waals surface area contributed by atoms with Crippen LogP contribution in [0, 0.1) is 17.2 Å². The number of benzene rings is 2. The summed E-state index contributed by atoms with van der Waals surface area (Å²) in [6.07, 6.45) is 1.83. The highest BCUT2D eigenvalue weighted by Crippen LogP contribution is 2.14. The van der Waals surface area contributed by atoms with Crippen LogP contribution >= 0.6 is 0 Å². The Morgan fingerprint density at radius 2 is 1.62 bits per heavy atom. The number of amides is 1. The Labute approximate surface area is 169 Å². The molecule has 0 fully saturated rings. The number of hydrogen-bond donors (Lipinski definition) is 1. The molecule has 148 valence electrons. The van der Waals surface area contributed by atoms with Crippen LogP contribution in [0.15, 0.2) is 54.6 Å². The number of esters is 1. The number of rotatable bonds is 7. The van der Waals surface area contributed by atoms with Gasteiger partial charge in [-0.15, -0.1) is 0 Å². The monoisotopic (exact) mass is 390 g/mol. The number of nitrogens with zero attached hydrogens (tertiary/aromatic N) is 1. The Kier molecular flexibility index (Phi) is 7.44. The van der Waals surface area contributed by atoms with Gasteiger partial charge in [-0.3, -0.25) is 9.59 Å². The SMILES string of the molecule is CC(C)C(=O)Nc1ccc(C(=O)[C@H](C)OC(=O)/C=C/c2ccc(C#N)cc2)cc1. The molecule has 1 N–H and O–H groups in total. The summed E-state index contributed by atoms with van der Waals surface area (Å²) >= 11 is 0. The number of nitrogens with one attached hydrogen (secondary N) is 1. The van der Waals surface area contributed by atoms with E-state index in [0.717, 1.165) is 5.56 Å². The quantitative estimate of drug-likeness (QED) is 0.438. The van der Waals surface area contributed by atoms with Crippen molar-refractivity contribution in [3.8, 4) is 6.07 Å². The molecular formula is C23H22N2O4. The number of hydrogen-bond acceptors (Lipinski definition) is 5. The Hall–Kier alpha value is -3.72. The number of Topliss-reactive ketones (excluding diaryl/α,β-unsaturated/α-hetero) is 1. The number of carbonyl (C=O) groups is 3. The van der Waals surface area contributed by atoms with Crippen LogP contribution in [-0.4, -0.2) is 23.8 Å². The number of nitriles is 1. The minimum absolute atomic E-state index is 0.111. The van der Waals surface area contributed by atoms with Crippen LogP contribution < -0.4 is 5.32 Å². The van der Waals surface area contributed by atoms with E-state index in [4.69, 9.17) is 10.00 Å². The van der Waals surface area contributed by atoms with E-state index in [1.807, 2.05) is 6.07 Å². The van der Waals surface area contributed by atoms with Crippen molar-refractivity contribution in [1.82, 2.24) is 0 Å². The summed E-state index contributed by atoms with van der Waals surface area (Å²) in [5.74, 6) is -1.24. The van der Waals surface area contributed by atoms with Crippen LogP contribution in [0.25, 0.3) is 6.08 Å². The molecule has 2 aromatic rings. The lowest BCUT2D eigenvalue weighted by Gasteiger charge is -2.12. The van der Waals surface area contributed by atoms with Crippen molar-refractivity contribution in [2.45, 2.75) is 26.9 Å². The maximum absolute atomic E-state index is 12.4. The fourth-order valence-corrected chi connectivity index (χ4v) is 2.34. The highest BCUT2D eigenvalue weighted by molar-refractivity contribution is 6.01. The smallest absolute Gasteiger partial charge is 0.331 e. The second-order valence-corrected chi connectivity index (χ2v) is 6.73. The lowest BCUT2D eigenvalue weighted by molar-refractivity contribution is -0.140. The van der Waals surface area contributed by atoms with Crippen LogP contribution in [0.3, 0.4) is 0 Å². The molecule has 0 heterocycles. The van der Waals surface area contributed by atoms with E-state index in [-0.39, 0.29) is 17.6 Å². The first-order chi connectivity index (χ1) is 13.8. The van der Waals surface area contributed by atoms with Crippen molar-refractivity contribution < 1.29 is 19.1 Å². The van der Waals surface area contributed by atoms with Gasteiger partial charge in [0.25, 0.3) is 0 Å². The van der Waals surface area contributed by atoms with Crippen LogP contribution in [0.4, 0.5) is 5.69 Å². The van der Waals surface area contributed by atoms with Gasteiger partial charge in [-0.05, 0) is 55.0 Å². The summed E-state index contributed by atoms with van der Waals surface area (Å²) in [7, 11) is 0. The predicted molar refractivity (Wildman–Crippen MR) is 110 cm³/mol. The third-order valence-electron chi connectivity index (χ3n) is 4.08. The van der Waals surface area contributed by atoms with Gasteiger partial charge in [-0.25, -0.2) is 4.79 Å². The second-order valence-electron chi connectivity index (χ2n) is 6.73. The average molecular weight is 390 g/mol. The van der Waals surface area contributed by atoms with Gasteiger partial charge >= 0.3 is 5.97 Å².